The van der Waals surface area contributed by atoms with Crippen LogP contribution < -0.4 is 0 Å². The van der Waals surface area contributed by atoms with Gasteiger partial charge in [-0.1, -0.05) is 38.5 Å². The molecule has 0 heterocycles. The van der Waals surface area contributed by atoms with Gasteiger partial charge in [0.2, 0.25) is 0 Å². The Bertz CT molecular complexity index is 391. The van der Waals surface area contributed by atoms with Crippen LogP contribution in [0.15, 0.2) is 30.9 Å². The van der Waals surface area contributed by atoms with Crippen LogP contribution in [-0.4, -0.2) is 0 Å². The van der Waals surface area contributed by atoms with Gasteiger partial charge < -0.3 is 0 Å². The van der Waals surface area contributed by atoms with E-state index in [4.69, 9.17) is 0 Å². The molecule has 0 amide bonds. The lowest BCUT2D eigenvalue weighted by molar-refractivity contribution is -0.138. The first-order valence-corrected chi connectivity index (χ1v) is 5.56. The van der Waals surface area contributed by atoms with Crippen LogP contribution in [0.5, 0.6) is 0 Å². The van der Waals surface area contributed by atoms with Crippen molar-refractivity contribution in [2.75, 3.05) is 0 Å². The highest BCUT2D eigenvalue weighted by atomic mass is 19.4. The van der Waals surface area contributed by atoms with Gasteiger partial charge >= 0.3 is 6.18 Å². The summed E-state index contributed by atoms with van der Waals surface area (Å²) in [5, 5.41) is 0. The van der Waals surface area contributed by atoms with Gasteiger partial charge in [0.25, 0.3) is 0 Å². The summed E-state index contributed by atoms with van der Waals surface area (Å²) in [7, 11) is 0. The van der Waals surface area contributed by atoms with Crippen molar-refractivity contribution in [2.24, 2.45) is 0 Å². The van der Waals surface area contributed by atoms with Crippen LogP contribution >= 0.6 is 0 Å². The molecule has 0 aliphatic rings. The van der Waals surface area contributed by atoms with E-state index in [1.54, 1.807) is 25.1 Å². The zero-order chi connectivity index (χ0) is 13.1. The normalized spacial score (nSPS) is 11.9. The van der Waals surface area contributed by atoms with E-state index in [0.717, 1.165) is 5.92 Å². The lowest BCUT2D eigenvalue weighted by Gasteiger charge is -2.15. The minimum Gasteiger partial charge on any atom is -0.166 e. The van der Waals surface area contributed by atoms with Crippen molar-refractivity contribution in [3.05, 3.63) is 53.5 Å². The molecule has 0 saturated carbocycles. The highest BCUT2D eigenvalue weighted by molar-refractivity contribution is 5.42. The molecule has 0 nitrogen and oxygen atoms in total. The third-order valence-corrected chi connectivity index (χ3v) is 2.70. The number of alkyl halides is 3. The van der Waals surface area contributed by atoms with Gasteiger partial charge in [-0.3, -0.25) is 0 Å². The first-order chi connectivity index (χ1) is 7.90. The van der Waals surface area contributed by atoms with Crippen LogP contribution in [0.2, 0.25) is 0 Å². The van der Waals surface area contributed by atoms with E-state index in [-0.39, 0.29) is 0 Å². The van der Waals surface area contributed by atoms with Gasteiger partial charge in [-0.2, -0.15) is 13.2 Å². The van der Waals surface area contributed by atoms with Crippen LogP contribution in [0.4, 0.5) is 13.2 Å². The Kier molecular flexibility index (Phi) is 4.38. The van der Waals surface area contributed by atoms with Crippen molar-refractivity contribution in [3.63, 3.8) is 0 Å². The topological polar surface area (TPSA) is 0 Å². The number of benzene rings is 1. The summed E-state index contributed by atoms with van der Waals surface area (Å²) in [6.07, 6.45) is -1.58. The predicted molar refractivity (Wildman–Crippen MR) is 63.7 cm³/mol. The number of allylic oxidation sites excluding steroid dienone is 1. The highest BCUT2D eigenvalue weighted by Crippen LogP contribution is 2.34. The summed E-state index contributed by atoms with van der Waals surface area (Å²) >= 11 is 0. The third kappa shape index (κ3) is 3.35. The molecule has 0 aromatic heterocycles. The summed E-state index contributed by atoms with van der Waals surface area (Å²) in [6.45, 7) is 7.19. The van der Waals surface area contributed by atoms with E-state index in [1.165, 1.54) is 6.07 Å². The zero-order valence-electron chi connectivity index (χ0n) is 10.1. The summed E-state index contributed by atoms with van der Waals surface area (Å²) in [4.78, 5) is 0. The predicted octanol–water partition coefficient (Wildman–Crippen LogP) is 4.79. The first-order valence-electron chi connectivity index (χ1n) is 5.56. The quantitative estimate of drug-likeness (QED) is 0.711. The molecule has 1 radical (unpaired) electrons. The number of halogens is 3. The number of aryl methyl sites for hydroxylation is 1. The van der Waals surface area contributed by atoms with Crippen LogP contribution in [0.25, 0.3) is 0 Å². The van der Waals surface area contributed by atoms with Gasteiger partial charge in [0, 0.05) is 5.92 Å². The van der Waals surface area contributed by atoms with E-state index < -0.39 is 11.7 Å². The Morgan fingerprint density at radius 2 is 2.00 bits per heavy atom. The molecular weight excluding hydrogens is 225 g/mol. The fourth-order valence-electron chi connectivity index (χ4n) is 1.69. The van der Waals surface area contributed by atoms with Crippen LogP contribution in [0.3, 0.4) is 0 Å². The molecule has 0 fully saturated rings. The fourth-order valence-corrected chi connectivity index (χ4v) is 1.69. The summed E-state index contributed by atoms with van der Waals surface area (Å²) < 4.78 is 38.7. The molecule has 0 bridgehead atoms. The largest absolute Gasteiger partial charge is 0.416 e. The van der Waals surface area contributed by atoms with Crippen molar-refractivity contribution in [3.8, 4) is 0 Å². The number of rotatable bonds is 4. The summed E-state index contributed by atoms with van der Waals surface area (Å²) in [6, 6.07) is 4.49. The molecule has 0 spiro atoms. The van der Waals surface area contributed by atoms with Gasteiger partial charge in [-0.05, 0) is 23.6 Å². The molecule has 0 atom stereocenters. The maximum absolute atomic E-state index is 12.9. The average molecular weight is 241 g/mol. The van der Waals surface area contributed by atoms with E-state index in [2.05, 4.69) is 6.58 Å². The second-order valence-corrected chi connectivity index (χ2v) is 4.01. The van der Waals surface area contributed by atoms with E-state index >= 15 is 0 Å². The highest BCUT2D eigenvalue weighted by Gasteiger charge is 2.33. The van der Waals surface area contributed by atoms with Gasteiger partial charge in [0.05, 0.1) is 5.56 Å². The van der Waals surface area contributed by atoms with Gasteiger partial charge in [0.1, 0.15) is 0 Å². The third-order valence-electron chi connectivity index (χ3n) is 2.70. The molecule has 1 aromatic rings. The Morgan fingerprint density at radius 1 is 1.35 bits per heavy atom. The Labute approximate surface area is 100 Å². The van der Waals surface area contributed by atoms with Crippen LogP contribution in [0.1, 0.15) is 37.0 Å². The van der Waals surface area contributed by atoms with E-state index in [9.17, 15) is 13.2 Å². The van der Waals surface area contributed by atoms with Crippen molar-refractivity contribution in [1.82, 2.24) is 0 Å². The molecule has 17 heavy (non-hydrogen) atoms. The molecule has 0 unspecified atom stereocenters. The van der Waals surface area contributed by atoms with Crippen molar-refractivity contribution in [2.45, 2.75) is 32.9 Å². The van der Waals surface area contributed by atoms with Crippen LogP contribution in [-0.2, 0) is 12.6 Å². The second kappa shape index (κ2) is 5.39. The molecule has 1 aromatic carbocycles. The standard InChI is InChI=1S/C14H16F3/c1-4-6-11-7-8-12(10(3)5-2)9-13(11)14(15,16)17/h5,7-9H,2,4,6H2,1,3H3. The van der Waals surface area contributed by atoms with Gasteiger partial charge in [-0.25, -0.2) is 0 Å². The smallest absolute Gasteiger partial charge is 0.166 e. The lowest BCUT2D eigenvalue weighted by atomic mass is 9.94. The minimum absolute atomic E-state index is 0.362. The number of hydrogen-bond donors (Lipinski definition) is 0. The Morgan fingerprint density at radius 3 is 2.47 bits per heavy atom. The monoisotopic (exact) mass is 241 g/mol. The molecule has 0 aliphatic carbocycles. The molecule has 93 valence electrons. The molecule has 3 heteroatoms. The molecule has 0 saturated heterocycles. The molecule has 1 rings (SSSR count). The summed E-state index contributed by atoms with van der Waals surface area (Å²) in [5.41, 5.74) is 0.408. The van der Waals surface area contributed by atoms with E-state index in [0.29, 0.717) is 24.0 Å². The lowest BCUT2D eigenvalue weighted by Crippen LogP contribution is -2.10. The first kappa shape index (κ1) is 13.8. The zero-order valence-corrected chi connectivity index (χ0v) is 10.1. The molecular formula is C14H16F3. The molecule has 0 N–H and O–H groups in total. The van der Waals surface area contributed by atoms with E-state index in [1.807, 2.05) is 6.92 Å². The SMILES string of the molecule is C=C[C](C)c1ccc(CCC)c(C(F)(F)F)c1. The Balaban J connectivity index is 3.24. The Hall–Kier alpha value is -1.25. The minimum atomic E-state index is -4.29. The maximum atomic E-state index is 12.9. The number of hydrogen-bond acceptors (Lipinski definition) is 0. The average Bonchev–Trinajstić information content (AvgIpc) is 2.27. The van der Waals surface area contributed by atoms with Crippen molar-refractivity contribution >= 4 is 0 Å². The van der Waals surface area contributed by atoms with Crippen molar-refractivity contribution < 1.29 is 13.2 Å². The van der Waals surface area contributed by atoms with Gasteiger partial charge in [-0.15, -0.1) is 6.58 Å². The summed E-state index contributed by atoms with van der Waals surface area (Å²) in [5.74, 6) is 0.749. The maximum Gasteiger partial charge on any atom is 0.416 e. The van der Waals surface area contributed by atoms with Crippen molar-refractivity contribution in [1.29, 1.82) is 0 Å². The fraction of sp³-hybridized carbons (Fsp3) is 0.357. The van der Waals surface area contributed by atoms with Crippen LogP contribution in [0, 0.1) is 5.92 Å². The van der Waals surface area contributed by atoms with Gasteiger partial charge in [0.15, 0.2) is 0 Å². The second-order valence-electron chi connectivity index (χ2n) is 4.01. The molecule has 0 aliphatic heterocycles.